The minimum Gasteiger partial charge on any atom is -0.348 e. The number of benzene rings is 2. The third-order valence-electron chi connectivity index (χ3n) is 5.59. The number of hydrogen-bond acceptors (Lipinski definition) is 3. The van der Waals surface area contributed by atoms with Crippen LogP contribution in [0.4, 0.5) is 8.78 Å². The summed E-state index contributed by atoms with van der Waals surface area (Å²) in [6.45, 7) is 2.43. The van der Waals surface area contributed by atoms with Gasteiger partial charge in [0.25, 0.3) is 5.56 Å². The third-order valence-corrected chi connectivity index (χ3v) is 5.59. The van der Waals surface area contributed by atoms with Crippen molar-refractivity contribution in [3.05, 3.63) is 81.3 Å². The summed E-state index contributed by atoms with van der Waals surface area (Å²) in [5.74, 6) is -2.28. The molecule has 1 amide bonds. The summed E-state index contributed by atoms with van der Waals surface area (Å²) < 4.78 is 27.4. The van der Waals surface area contributed by atoms with Gasteiger partial charge in [-0.3, -0.25) is 14.5 Å². The Morgan fingerprint density at radius 1 is 1.17 bits per heavy atom. The largest absolute Gasteiger partial charge is 0.348 e. The predicted octanol–water partition coefficient (Wildman–Crippen LogP) is 3.04. The summed E-state index contributed by atoms with van der Waals surface area (Å²) in [6.07, 6.45) is 2.03. The zero-order valence-electron chi connectivity index (χ0n) is 16.1. The first-order valence-corrected chi connectivity index (χ1v) is 9.43. The fourth-order valence-corrected chi connectivity index (χ4v) is 3.96. The van der Waals surface area contributed by atoms with Crippen molar-refractivity contribution in [3.8, 4) is 0 Å². The molecule has 0 saturated heterocycles. The standard InChI is InChI=1S/C22H21F2N3O2/c1-12(17-10-25-21(28)16-9-19(24)18(23)8-15(16)17)26-22(29)20-7-13-5-3-4-6-14(13)11-27(20)2/h3-6,8-10,12,20H,7,11H2,1-2H3,(H,25,28)(H,26,29)/t12-,20?/m0/s1. The van der Waals surface area contributed by atoms with E-state index in [-0.39, 0.29) is 22.7 Å². The predicted molar refractivity (Wildman–Crippen MR) is 106 cm³/mol. The average molecular weight is 397 g/mol. The fraction of sp³-hybridized carbons (Fsp3) is 0.273. The number of rotatable bonds is 3. The Bertz CT molecular complexity index is 1160. The van der Waals surface area contributed by atoms with Gasteiger partial charge < -0.3 is 10.3 Å². The first kappa shape index (κ1) is 19.3. The number of nitrogens with one attached hydrogen (secondary N) is 2. The fourth-order valence-electron chi connectivity index (χ4n) is 3.96. The molecule has 2 aromatic carbocycles. The Balaban J connectivity index is 1.61. The summed E-state index contributed by atoms with van der Waals surface area (Å²) in [5.41, 5.74) is 2.36. The molecule has 0 fully saturated rings. The van der Waals surface area contributed by atoms with Gasteiger partial charge in [0, 0.05) is 12.7 Å². The molecular weight excluding hydrogens is 376 g/mol. The van der Waals surface area contributed by atoms with E-state index in [1.165, 1.54) is 11.8 Å². The zero-order valence-corrected chi connectivity index (χ0v) is 16.1. The highest BCUT2D eigenvalue weighted by Crippen LogP contribution is 2.26. The van der Waals surface area contributed by atoms with Gasteiger partial charge in [0.05, 0.1) is 17.5 Å². The van der Waals surface area contributed by atoms with Crippen LogP contribution in [0.1, 0.15) is 29.7 Å². The van der Waals surface area contributed by atoms with Crippen molar-refractivity contribution >= 4 is 16.7 Å². The SMILES string of the molecule is C[C@H](NC(=O)C1Cc2ccccc2CN1C)c1c[nH]c(=O)c2cc(F)c(F)cc12. The number of aromatic nitrogens is 1. The normalized spacial score (nSPS) is 17.7. The van der Waals surface area contributed by atoms with E-state index in [9.17, 15) is 18.4 Å². The molecule has 0 aliphatic carbocycles. The molecule has 1 aromatic heterocycles. The van der Waals surface area contributed by atoms with E-state index >= 15 is 0 Å². The van der Waals surface area contributed by atoms with Gasteiger partial charge in [-0.2, -0.15) is 0 Å². The van der Waals surface area contributed by atoms with Crippen molar-refractivity contribution in [2.45, 2.75) is 32.0 Å². The molecule has 0 bridgehead atoms. The van der Waals surface area contributed by atoms with E-state index in [1.807, 2.05) is 30.1 Å². The van der Waals surface area contributed by atoms with Gasteiger partial charge in [0.2, 0.25) is 5.91 Å². The van der Waals surface area contributed by atoms with Crippen molar-refractivity contribution in [1.82, 2.24) is 15.2 Å². The first-order valence-electron chi connectivity index (χ1n) is 9.43. The van der Waals surface area contributed by atoms with Gasteiger partial charge in [-0.15, -0.1) is 0 Å². The molecule has 0 saturated carbocycles. The van der Waals surface area contributed by atoms with Crippen LogP contribution in [-0.4, -0.2) is 28.9 Å². The average Bonchev–Trinajstić information content (AvgIpc) is 2.69. The highest BCUT2D eigenvalue weighted by molar-refractivity contribution is 5.87. The van der Waals surface area contributed by atoms with Crippen molar-refractivity contribution < 1.29 is 13.6 Å². The molecule has 29 heavy (non-hydrogen) atoms. The van der Waals surface area contributed by atoms with Crippen LogP contribution < -0.4 is 10.9 Å². The second-order valence-electron chi connectivity index (χ2n) is 7.52. The van der Waals surface area contributed by atoms with Crippen molar-refractivity contribution in [3.63, 3.8) is 0 Å². The maximum atomic E-state index is 13.8. The van der Waals surface area contributed by atoms with Crippen LogP contribution in [0.3, 0.4) is 0 Å². The first-order chi connectivity index (χ1) is 13.8. The smallest absolute Gasteiger partial charge is 0.255 e. The van der Waals surface area contributed by atoms with Crippen LogP contribution in [0, 0.1) is 11.6 Å². The molecule has 7 heteroatoms. The Hall–Kier alpha value is -3.06. The Kier molecular flexibility index (Phi) is 4.92. The molecule has 150 valence electrons. The third kappa shape index (κ3) is 3.53. The van der Waals surface area contributed by atoms with Crippen LogP contribution in [0.5, 0.6) is 0 Å². The van der Waals surface area contributed by atoms with Gasteiger partial charge in [0.1, 0.15) is 0 Å². The summed E-state index contributed by atoms with van der Waals surface area (Å²) in [4.78, 5) is 29.5. The molecule has 2 N–H and O–H groups in total. The Labute approximate surface area is 166 Å². The number of hydrogen-bond donors (Lipinski definition) is 2. The maximum Gasteiger partial charge on any atom is 0.255 e. The van der Waals surface area contributed by atoms with Crippen molar-refractivity contribution in [1.29, 1.82) is 0 Å². The van der Waals surface area contributed by atoms with Crippen molar-refractivity contribution in [2.24, 2.45) is 0 Å². The number of likely N-dealkylation sites (N-methyl/N-ethyl adjacent to an activating group) is 1. The topological polar surface area (TPSA) is 65.2 Å². The van der Waals surface area contributed by atoms with Crippen LogP contribution in [0.15, 0.2) is 47.4 Å². The summed E-state index contributed by atoms with van der Waals surface area (Å²) in [7, 11) is 1.90. The van der Waals surface area contributed by atoms with Crippen molar-refractivity contribution in [2.75, 3.05) is 7.05 Å². The van der Waals surface area contributed by atoms with E-state index in [2.05, 4.69) is 16.4 Å². The number of aromatic amines is 1. The van der Waals surface area contributed by atoms with E-state index in [4.69, 9.17) is 0 Å². The molecule has 2 atom stereocenters. The minimum atomic E-state index is -1.08. The Morgan fingerprint density at radius 2 is 1.83 bits per heavy atom. The lowest BCUT2D eigenvalue weighted by atomic mass is 9.93. The van der Waals surface area contributed by atoms with Gasteiger partial charge in [-0.25, -0.2) is 8.78 Å². The number of fused-ring (bicyclic) bond motifs is 2. The lowest BCUT2D eigenvalue weighted by molar-refractivity contribution is -0.127. The number of halogens is 2. The van der Waals surface area contributed by atoms with Gasteiger partial charge in [-0.1, -0.05) is 24.3 Å². The maximum absolute atomic E-state index is 13.8. The molecule has 0 spiro atoms. The molecule has 1 unspecified atom stereocenters. The number of amides is 1. The Morgan fingerprint density at radius 3 is 2.55 bits per heavy atom. The van der Waals surface area contributed by atoms with Crippen LogP contribution in [-0.2, 0) is 17.8 Å². The van der Waals surface area contributed by atoms with E-state index in [0.29, 0.717) is 18.5 Å². The van der Waals surface area contributed by atoms with Crippen LogP contribution in [0.25, 0.3) is 10.8 Å². The van der Waals surface area contributed by atoms with Crippen LogP contribution in [0.2, 0.25) is 0 Å². The zero-order chi connectivity index (χ0) is 20.7. The lowest BCUT2D eigenvalue weighted by Crippen LogP contribution is -2.49. The van der Waals surface area contributed by atoms with Gasteiger partial charge >= 0.3 is 0 Å². The number of carbonyl (C=O) groups is 1. The second kappa shape index (κ2) is 7.40. The molecule has 2 heterocycles. The molecular formula is C22H21F2N3O2. The van der Waals surface area contributed by atoms with Crippen LogP contribution >= 0.6 is 0 Å². The molecule has 1 aliphatic rings. The van der Waals surface area contributed by atoms with E-state index in [1.54, 1.807) is 6.92 Å². The highest BCUT2D eigenvalue weighted by atomic mass is 19.2. The lowest BCUT2D eigenvalue weighted by Gasteiger charge is -2.33. The van der Waals surface area contributed by atoms with E-state index < -0.39 is 23.2 Å². The molecule has 3 aromatic rings. The second-order valence-corrected chi connectivity index (χ2v) is 7.52. The quantitative estimate of drug-likeness (QED) is 0.714. The number of pyridine rings is 1. The highest BCUT2D eigenvalue weighted by Gasteiger charge is 2.30. The summed E-state index contributed by atoms with van der Waals surface area (Å²) in [6, 6.07) is 9.07. The monoisotopic (exact) mass is 397 g/mol. The summed E-state index contributed by atoms with van der Waals surface area (Å²) >= 11 is 0. The molecule has 4 rings (SSSR count). The van der Waals surface area contributed by atoms with Gasteiger partial charge in [-0.05, 0) is 54.6 Å². The molecule has 1 aliphatic heterocycles. The number of nitrogens with zero attached hydrogens (tertiary/aromatic N) is 1. The molecule has 0 radical (unpaired) electrons. The molecule has 5 nitrogen and oxygen atoms in total. The van der Waals surface area contributed by atoms with Gasteiger partial charge in [0.15, 0.2) is 11.6 Å². The minimum absolute atomic E-state index is 0.0474. The number of carbonyl (C=O) groups excluding carboxylic acids is 1. The van der Waals surface area contributed by atoms with E-state index in [0.717, 1.165) is 17.7 Å². The summed E-state index contributed by atoms with van der Waals surface area (Å²) in [5, 5.41) is 3.28. The number of H-pyrrole nitrogens is 1.